The minimum atomic E-state index is -0.237. The van der Waals surface area contributed by atoms with Gasteiger partial charge in [0.15, 0.2) is 0 Å². The fourth-order valence-corrected chi connectivity index (χ4v) is 3.62. The van der Waals surface area contributed by atoms with Crippen LogP contribution in [0, 0.1) is 0 Å². The monoisotopic (exact) mass is 279 g/mol. The lowest BCUT2D eigenvalue weighted by molar-refractivity contribution is 0.00578. The van der Waals surface area contributed by atoms with Gasteiger partial charge in [-0.2, -0.15) is 11.3 Å². The van der Waals surface area contributed by atoms with Gasteiger partial charge in [-0.1, -0.05) is 0 Å². The van der Waals surface area contributed by atoms with Crippen molar-refractivity contribution in [2.75, 3.05) is 13.1 Å². The zero-order chi connectivity index (χ0) is 13.7. The van der Waals surface area contributed by atoms with Crippen LogP contribution in [0.2, 0.25) is 5.82 Å². The zero-order valence-electron chi connectivity index (χ0n) is 12.1. The Bertz CT molecular complexity index is 430. The maximum Gasteiger partial charge on any atom is 0.463 e. The van der Waals surface area contributed by atoms with Gasteiger partial charge in [0.05, 0.1) is 11.2 Å². The molecular weight excluding hydrogens is 257 g/mol. The Morgan fingerprint density at radius 3 is 2.47 bits per heavy atom. The highest BCUT2D eigenvalue weighted by molar-refractivity contribution is 7.08. The van der Waals surface area contributed by atoms with Gasteiger partial charge >= 0.3 is 7.12 Å². The Morgan fingerprint density at radius 2 is 1.89 bits per heavy atom. The molecule has 2 atom stereocenters. The van der Waals surface area contributed by atoms with E-state index in [1.165, 1.54) is 5.56 Å². The fourth-order valence-electron chi connectivity index (χ4n) is 2.90. The van der Waals surface area contributed by atoms with Gasteiger partial charge in [-0.15, -0.1) is 0 Å². The van der Waals surface area contributed by atoms with E-state index in [0.29, 0.717) is 11.7 Å². The summed E-state index contributed by atoms with van der Waals surface area (Å²) in [6.07, 6.45) is 0. The molecule has 1 N–H and O–H groups in total. The molecule has 2 saturated heterocycles. The predicted octanol–water partition coefficient (Wildman–Crippen LogP) is 2.90. The van der Waals surface area contributed by atoms with E-state index in [0.717, 1.165) is 13.1 Å². The maximum atomic E-state index is 6.22. The van der Waals surface area contributed by atoms with Gasteiger partial charge in [0.25, 0.3) is 0 Å². The summed E-state index contributed by atoms with van der Waals surface area (Å²) >= 11 is 1.76. The lowest BCUT2D eigenvalue weighted by atomic mass is 9.65. The highest BCUT2D eigenvalue weighted by Crippen LogP contribution is 2.45. The van der Waals surface area contributed by atoms with E-state index in [1.807, 2.05) is 0 Å². The molecule has 5 heteroatoms. The molecule has 2 aliphatic heterocycles. The van der Waals surface area contributed by atoms with E-state index in [9.17, 15) is 0 Å². The Morgan fingerprint density at radius 1 is 1.21 bits per heavy atom. The molecule has 2 fully saturated rings. The van der Waals surface area contributed by atoms with Crippen LogP contribution in [0.3, 0.4) is 0 Å². The highest BCUT2D eigenvalue weighted by atomic mass is 32.1. The lowest BCUT2D eigenvalue weighted by Gasteiger charge is -2.32. The van der Waals surface area contributed by atoms with Gasteiger partial charge in [0.1, 0.15) is 0 Å². The second-order valence-corrected chi connectivity index (χ2v) is 7.39. The van der Waals surface area contributed by atoms with Crippen molar-refractivity contribution in [2.45, 2.75) is 50.6 Å². The summed E-state index contributed by atoms with van der Waals surface area (Å²) < 4.78 is 12.4. The molecule has 104 valence electrons. The van der Waals surface area contributed by atoms with Crippen molar-refractivity contribution in [1.29, 1.82) is 0 Å². The summed E-state index contributed by atoms with van der Waals surface area (Å²) in [4.78, 5) is 0. The van der Waals surface area contributed by atoms with E-state index < -0.39 is 0 Å². The van der Waals surface area contributed by atoms with Gasteiger partial charge < -0.3 is 14.6 Å². The third-order valence-electron chi connectivity index (χ3n) is 4.85. The van der Waals surface area contributed by atoms with Gasteiger partial charge in [-0.05, 0) is 62.5 Å². The average molecular weight is 279 g/mol. The van der Waals surface area contributed by atoms with Crippen LogP contribution in [0.25, 0.3) is 0 Å². The van der Waals surface area contributed by atoms with Crippen LogP contribution in [0.4, 0.5) is 0 Å². The second kappa shape index (κ2) is 4.59. The summed E-state index contributed by atoms with van der Waals surface area (Å²) in [5, 5.41) is 7.88. The van der Waals surface area contributed by atoms with Crippen molar-refractivity contribution in [3.05, 3.63) is 22.4 Å². The predicted molar refractivity (Wildman–Crippen MR) is 79.8 cm³/mol. The second-order valence-electron chi connectivity index (χ2n) is 6.61. The smallest absolute Gasteiger partial charge is 0.403 e. The summed E-state index contributed by atoms with van der Waals surface area (Å²) in [5.41, 5.74) is 0.938. The molecule has 2 unspecified atom stereocenters. The van der Waals surface area contributed by atoms with E-state index in [-0.39, 0.29) is 18.3 Å². The van der Waals surface area contributed by atoms with Gasteiger partial charge in [0.2, 0.25) is 0 Å². The van der Waals surface area contributed by atoms with Crippen molar-refractivity contribution in [3.63, 3.8) is 0 Å². The van der Waals surface area contributed by atoms with Crippen LogP contribution < -0.4 is 5.32 Å². The number of rotatable bonds is 2. The van der Waals surface area contributed by atoms with Crippen LogP contribution in [0.1, 0.15) is 39.2 Å². The molecule has 1 aromatic rings. The van der Waals surface area contributed by atoms with E-state index in [2.05, 4.69) is 49.8 Å². The summed E-state index contributed by atoms with van der Waals surface area (Å²) in [5.74, 6) is 0.900. The molecular formula is C14H22BNO2S. The molecule has 3 rings (SSSR count). The van der Waals surface area contributed by atoms with Gasteiger partial charge in [-0.25, -0.2) is 0 Å². The summed E-state index contributed by atoms with van der Waals surface area (Å²) in [6.45, 7) is 10.5. The minimum Gasteiger partial charge on any atom is -0.403 e. The first-order valence-corrected chi connectivity index (χ1v) is 7.93. The van der Waals surface area contributed by atoms with Crippen molar-refractivity contribution >= 4 is 18.5 Å². The van der Waals surface area contributed by atoms with Crippen LogP contribution in [0.15, 0.2) is 16.8 Å². The SMILES string of the molecule is CC1(C)OB(C2CNCC2c2ccsc2)OC1(C)C. The topological polar surface area (TPSA) is 30.5 Å². The number of hydrogen-bond acceptors (Lipinski definition) is 4. The highest BCUT2D eigenvalue weighted by Gasteiger charge is 2.55. The Kier molecular flexibility index (Phi) is 3.29. The van der Waals surface area contributed by atoms with Crippen LogP contribution in [0.5, 0.6) is 0 Å². The first-order chi connectivity index (χ1) is 8.91. The average Bonchev–Trinajstić information content (AvgIpc) is 3.00. The fraction of sp³-hybridized carbons (Fsp3) is 0.714. The molecule has 0 amide bonds. The minimum absolute atomic E-state index is 0.107. The molecule has 3 heterocycles. The molecule has 1 aromatic heterocycles. The number of hydrogen-bond donors (Lipinski definition) is 1. The molecule has 2 aliphatic rings. The van der Waals surface area contributed by atoms with Crippen molar-refractivity contribution in [1.82, 2.24) is 5.32 Å². The third-order valence-corrected chi connectivity index (χ3v) is 5.55. The molecule has 0 radical (unpaired) electrons. The maximum absolute atomic E-state index is 6.22. The van der Waals surface area contributed by atoms with Crippen molar-refractivity contribution < 1.29 is 9.31 Å². The zero-order valence-corrected chi connectivity index (χ0v) is 12.9. The number of nitrogens with one attached hydrogen (secondary N) is 1. The summed E-state index contributed by atoms with van der Waals surface area (Å²) in [7, 11) is -0.107. The largest absolute Gasteiger partial charge is 0.463 e. The van der Waals surface area contributed by atoms with Crippen LogP contribution in [-0.2, 0) is 9.31 Å². The van der Waals surface area contributed by atoms with Crippen LogP contribution >= 0.6 is 11.3 Å². The van der Waals surface area contributed by atoms with Crippen molar-refractivity contribution in [2.24, 2.45) is 0 Å². The van der Waals surface area contributed by atoms with Crippen LogP contribution in [-0.4, -0.2) is 31.4 Å². The van der Waals surface area contributed by atoms with E-state index in [4.69, 9.17) is 9.31 Å². The molecule has 19 heavy (non-hydrogen) atoms. The first-order valence-electron chi connectivity index (χ1n) is 6.99. The Labute approximate surface area is 119 Å². The molecule has 0 saturated carbocycles. The van der Waals surface area contributed by atoms with E-state index in [1.54, 1.807) is 11.3 Å². The lowest BCUT2D eigenvalue weighted by Crippen LogP contribution is -2.41. The number of thiophene rings is 1. The molecule has 3 nitrogen and oxygen atoms in total. The molecule has 0 aliphatic carbocycles. The molecule has 0 aromatic carbocycles. The summed E-state index contributed by atoms with van der Waals surface area (Å²) in [6, 6.07) is 2.22. The molecule has 0 bridgehead atoms. The standard InChI is InChI=1S/C14H22BNO2S/c1-13(2)14(3,4)18-15(17-13)12-8-16-7-11(12)10-5-6-19-9-10/h5-6,9,11-12,16H,7-8H2,1-4H3. The Hall–Kier alpha value is -0.355. The van der Waals surface area contributed by atoms with E-state index >= 15 is 0 Å². The quantitative estimate of drug-likeness (QED) is 0.844. The first kappa shape index (κ1) is 13.6. The molecule has 0 spiro atoms. The normalized spacial score (nSPS) is 32.9. The van der Waals surface area contributed by atoms with Gasteiger partial charge in [0, 0.05) is 12.4 Å². The van der Waals surface area contributed by atoms with Gasteiger partial charge in [-0.3, -0.25) is 0 Å². The van der Waals surface area contributed by atoms with Crippen molar-refractivity contribution in [3.8, 4) is 0 Å². The third kappa shape index (κ3) is 2.27. The Balaban J connectivity index is 1.80.